The van der Waals surface area contributed by atoms with Gasteiger partial charge in [-0.05, 0) is 59.0 Å². The number of nitrogens with two attached hydrogens (primary N) is 1. The van der Waals surface area contributed by atoms with Crippen molar-refractivity contribution in [1.82, 2.24) is 0 Å². The van der Waals surface area contributed by atoms with E-state index in [2.05, 4.69) is 5.32 Å². The number of nitro benzene ring substituents is 1. The third-order valence-corrected chi connectivity index (χ3v) is 3.39. The van der Waals surface area contributed by atoms with E-state index in [1.165, 1.54) is 6.07 Å². The fourth-order valence-corrected chi connectivity index (χ4v) is 2.20. The van der Waals surface area contributed by atoms with Crippen molar-refractivity contribution in [2.75, 3.05) is 24.2 Å². The van der Waals surface area contributed by atoms with Gasteiger partial charge in [0.25, 0.3) is 5.69 Å². The number of nitrogens with one attached hydrogen (secondary N) is 1. The summed E-state index contributed by atoms with van der Waals surface area (Å²) in [7, 11) is 0. The van der Waals surface area contributed by atoms with Crippen molar-refractivity contribution in [2.45, 2.75) is 0 Å². The highest BCUT2D eigenvalue weighted by atomic mass is 127. The molecule has 0 aliphatic heterocycles. The Kier molecular flexibility index (Phi) is 5.20. The molecule has 0 heterocycles. The maximum absolute atomic E-state index is 11.0. The number of benzene rings is 2. The van der Waals surface area contributed by atoms with Crippen LogP contribution in [0.3, 0.4) is 0 Å². The number of halogens is 1. The summed E-state index contributed by atoms with van der Waals surface area (Å²) in [5, 5.41) is 14.0. The van der Waals surface area contributed by atoms with Gasteiger partial charge in [-0.2, -0.15) is 0 Å². The van der Waals surface area contributed by atoms with Gasteiger partial charge in [0.05, 0.1) is 4.92 Å². The van der Waals surface area contributed by atoms with Crippen molar-refractivity contribution < 1.29 is 9.66 Å². The van der Waals surface area contributed by atoms with Crippen LogP contribution in [-0.2, 0) is 0 Å². The molecule has 0 aliphatic rings. The molecule has 0 saturated heterocycles. The smallest absolute Gasteiger partial charge is 0.293 e. The first-order valence-electron chi connectivity index (χ1n) is 6.22. The van der Waals surface area contributed by atoms with Gasteiger partial charge in [-0.3, -0.25) is 10.1 Å². The lowest BCUT2D eigenvalue weighted by molar-refractivity contribution is -0.384. The van der Waals surface area contributed by atoms with Crippen LogP contribution in [0.25, 0.3) is 0 Å². The maximum Gasteiger partial charge on any atom is 0.293 e. The fourth-order valence-electron chi connectivity index (χ4n) is 1.72. The minimum Gasteiger partial charge on any atom is -0.492 e. The number of nitro groups is 1. The number of anilines is 2. The molecule has 0 aromatic heterocycles. The van der Waals surface area contributed by atoms with Gasteiger partial charge in [0.2, 0.25) is 0 Å². The molecule has 2 aromatic rings. The van der Waals surface area contributed by atoms with Crippen molar-refractivity contribution in [2.24, 2.45) is 0 Å². The van der Waals surface area contributed by atoms with E-state index < -0.39 is 4.92 Å². The van der Waals surface area contributed by atoms with E-state index in [4.69, 9.17) is 10.5 Å². The van der Waals surface area contributed by atoms with Crippen LogP contribution in [0.1, 0.15) is 0 Å². The largest absolute Gasteiger partial charge is 0.492 e. The predicted octanol–water partition coefficient (Wildman–Crippen LogP) is 3.27. The average Bonchev–Trinajstić information content (AvgIpc) is 2.46. The summed E-state index contributed by atoms with van der Waals surface area (Å²) in [6, 6.07) is 12.1. The van der Waals surface area contributed by atoms with Crippen LogP contribution in [-0.4, -0.2) is 18.1 Å². The van der Waals surface area contributed by atoms with Gasteiger partial charge in [0, 0.05) is 21.9 Å². The first-order chi connectivity index (χ1) is 10.1. The molecule has 21 heavy (non-hydrogen) atoms. The molecular formula is C14H14IN3O3. The molecule has 0 bridgehead atoms. The molecule has 2 rings (SSSR count). The molecule has 3 N–H and O–H groups in total. The van der Waals surface area contributed by atoms with E-state index in [0.29, 0.717) is 30.3 Å². The Bertz CT molecular complexity index is 632. The second-order valence-corrected chi connectivity index (χ2v) is 5.51. The normalized spacial score (nSPS) is 10.1. The Morgan fingerprint density at radius 3 is 2.62 bits per heavy atom. The standard InChI is InChI=1S/C14H14IN3O3/c15-10-1-6-13(14(9-10)18(19)20)17-7-8-21-12-4-2-11(16)3-5-12/h1-6,9,17H,7-8,16H2. The highest BCUT2D eigenvalue weighted by Gasteiger charge is 2.13. The molecule has 0 fully saturated rings. The van der Waals surface area contributed by atoms with E-state index in [0.717, 1.165) is 3.57 Å². The number of hydrogen-bond donors (Lipinski definition) is 2. The number of ether oxygens (including phenoxy) is 1. The van der Waals surface area contributed by atoms with Gasteiger partial charge < -0.3 is 15.8 Å². The number of rotatable bonds is 6. The summed E-state index contributed by atoms with van der Waals surface area (Å²) in [6.45, 7) is 0.860. The van der Waals surface area contributed by atoms with Gasteiger partial charge in [0.1, 0.15) is 18.0 Å². The fraction of sp³-hybridized carbons (Fsp3) is 0.143. The molecule has 0 unspecified atom stereocenters. The zero-order valence-corrected chi connectivity index (χ0v) is 13.2. The Balaban J connectivity index is 1.89. The molecule has 7 heteroatoms. The average molecular weight is 399 g/mol. The van der Waals surface area contributed by atoms with Gasteiger partial charge in [-0.25, -0.2) is 0 Å². The quantitative estimate of drug-likeness (QED) is 0.256. The zero-order valence-electron chi connectivity index (χ0n) is 11.1. The van der Waals surface area contributed by atoms with Crippen LogP contribution in [0.5, 0.6) is 5.75 Å². The molecule has 0 saturated carbocycles. The van der Waals surface area contributed by atoms with E-state index in [-0.39, 0.29) is 5.69 Å². The SMILES string of the molecule is Nc1ccc(OCCNc2ccc(I)cc2[N+](=O)[O-])cc1. The van der Waals surface area contributed by atoms with Crippen molar-refractivity contribution >= 4 is 39.7 Å². The van der Waals surface area contributed by atoms with Crippen LogP contribution in [0, 0.1) is 13.7 Å². The van der Waals surface area contributed by atoms with Gasteiger partial charge >= 0.3 is 0 Å². The van der Waals surface area contributed by atoms with Crippen LogP contribution < -0.4 is 15.8 Å². The number of nitrogen functional groups attached to an aromatic ring is 1. The topological polar surface area (TPSA) is 90.4 Å². The van der Waals surface area contributed by atoms with Crippen molar-refractivity contribution in [3.05, 3.63) is 56.1 Å². The van der Waals surface area contributed by atoms with E-state index in [1.54, 1.807) is 30.3 Å². The summed E-state index contributed by atoms with van der Waals surface area (Å²) in [5.41, 5.74) is 6.81. The lowest BCUT2D eigenvalue weighted by atomic mass is 10.2. The molecular weight excluding hydrogens is 385 g/mol. The Labute approximate surface area is 135 Å². The summed E-state index contributed by atoms with van der Waals surface area (Å²) >= 11 is 2.04. The number of hydrogen-bond acceptors (Lipinski definition) is 5. The predicted molar refractivity (Wildman–Crippen MR) is 90.7 cm³/mol. The zero-order chi connectivity index (χ0) is 15.2. The molecule has 0 spiro atoms. The lowest BCUT2D eigenvalue weighted by Gasteiger charge is -2.09. The van der Waals surface area contributed by atoms with Crippen LogP contribution in [0.2, 0.25) is 0 Å². The third-order valence-electron chi connectivity index (χ3n) is 2.72. The lowest BCUT2D eigenvalue weighted by Crippen LogP contribution is -2.12. The second kappa shape index (κ2) is 7.11. The van der Waals surface area contributed by atoms with Crippen LogP contribution >= 0.6 is 22.6 Å². The molecule has 0 radical (unpaired) electrons. The van der Waals surface area contributed by atoms with Gasteiger partial charge in [-0.1, -0.05) is 0 Å². The molecule has 2 aromatic carbocycles. The summed E-state index contributed by atoms with van der Waals surface area (Å²) in [4.78, 5) is 10.6. The minimum atomic E-state index is -0.397. The third kappa shape index (κ3) is 4.48. The van der Waals surface area contributed by atoms with Crippen LogP contribution in [0.4, 0.5) is 17.1 Å². The molecule has 110 valence electrons. The summed E-state index contributed by atoms with van der Waals surface area (Å²) < 4.78 is 6.34. The van der Waals surface area contributed by atoms with Crippen molar-refractivity contribution in [1.29, 1.82) is 0 Å². The summed E-state index contributed by atoms with van der Waals surface area (Å²) in [6.07, 6.45) is 0. The van der Waals surface area contributed by atoms with Crippen molar-refractivity contribution in [3.8, 4) is 5.75 Å². The molecule has 0 amide bonds. The number of nitrogens with zero attached hydrogens (tertiary/aromatic N) is 1. The minimum absolute atomic E-state index is 0.0642. The first kappa shape index (κ1) is 15.4. The Hall–Kier alpha value is -2.03. The maximum atomic E-state index is 11.0. The van der Waals surface area contributed by atoms with Crippen molar-refractivity contribution in [3.63, 3.8) is 0 Å². The Morgan fingerprint density at radius 1 is 1.24 bits per heavy atom. The molecule has 0 aliphatic carbocycles. The highest BCUT2D eigenvalue weighted by molar-refractivity contribution is 14.1. The molecule has 0 atom stereocenters. The monoisotopic (exact) mass is 399 g/mol. The van der Waals surface area contributed by atoms with Gasteiger partial charge in [0.15, 0.2) is 0 Å². The van der Waals surface area contributed by atoms with E-state index in [1.807, 2.05) is 28.7 Å². The summed E-state index contributed by atoms with van der Waals surface area (Å²) in [5.74, 6) is 0.711. The second-order valence-electron chi connectivity index (χ2n) is 4.26. The Morgan fingerprint density at radius 2 is 1.95 bits per heavy atom. The van der Waals surface area contributed by atoms with E-state index in [9.17, 15) is 10.1 Å². The van der Waals surface area contributed by atoms with E-state index >= 15 is 0 Å². The van der Waals surface area contributed by atoms with Gasteiger partial charge in [-0.15, -0.1) is 0 Å². The highest BCUT2D eigenvalue weighted by Crippen LogP contribution is 2.26. The molecule has 6 nitrogen and oxygen atoms in total. The van der Waals surface area contributed by atoms with Crippen LogP contribution in [0.15, 0.2) is 42.5 Å². The first-order valence-corrected chi connectivity index (χ1v) is 7.30.